The Kier molecular flexibility index (Phi) is 5.92. The van der Waals surface area contributed by atoms with Crippen LogP contribution in [0.3, 0.4) is 0 Å². The quantitative estimate of drug-likeness (QED) is 0.766. The number of methoxy groups -OCH3 is 1. The highest BCUT2D eigenvalue weighted by Crippen LogP contribution is 2.29. The smallest absolute Gasteiger partial charge is 0.317 e. The van der Waals surface area contributed by atoms with Gasteiger partial charge in [-0.3, -0.25) is 4.79 Å². The predicted molar refractivity (Wildman–Crippen MR) is 82.7 cm³/mol. The van der Waals surface area contributed by atoms with Crippen molar-refractivity contribution in [2.75, 3.05) is 19.4 Å². The third-order valence-corrected chi connectivity index (χ3v) is 5.99. The van der Waals surface area contributed by atoms with Crippen LogP contribution in [0.5, 0.6) is 0 Å². The Bertz CT molecular complexity index is 569. The minimum Gasteiger partial charge on any atom is -0.468 e. The summed E-state index contributed by atoms with van der Waals surface area (Å²) in [5.41, 5.74) is 5.38. The number of carbonyl (C=O) groups is 1. The maximum atomic E-state index is 12.3. The van der Waals surface area contributed by atoms with Crippen LogP contribution < -0.4 is 5.73 Å². The predicted octanol–water partition coefficient (Wildman–Crippen LogP) is 1.27. The molecule has 6 heteroatoms. The lowest BCUT2D eigenvalue weighted by molar-refractivity contribution is -0.147. The standard InChI is InChI=1S/C15H23NO4S/c1-12(2)21(18,19)10-9-15(11-16,14(17)20-3)13-7-5-4-6-8-13/h4-8,12H,9-11,16H2,1-3H3. The molecular weight excluding hydrogens is 290 g/mol. The van der Waals surface area contributed by atoms with Crippen LogP contribution in [0.25, 0.3) is 0 Å². The van der Waals surface area contributed by atoms with Crippen LogP contribution in [0.4, 0.5) is 0 Å². The van der Waals surface area contributed by atoms with Crippen LogP contribution in [0.2, 0.25) is 0 Å². The van der Waals surface area contributed by atoms with Gasteiger partial charge in [-0.15, -0.1) is 0 Å². The van der Waals surface area contributed by atoms with Crippen LogP contribution in [0.15, 0.2) is 30.3 Å². The van der Waals surface area contributed by atoms with E-state index in [1.54, 1.807) is 38.1 Å². The first kappa shape index (κ1) is 17.7. The van der Waals surface area contributed by atoms with Gasteiger partial charge in [-0.2, -0.15) is 0 Å². The molecule has 0 aliphatic carbocycles. The molecule has 0 saturated carbocycles. The first-order valence-electron chi connectivity index (χ1n) is 6.85. The molecule has 2 N–H and O–H groups in total. The molecule has 5 nitrogen and oxygen atoms in total. The van der Waals surface area contributed by atoms with Gasteiger partial charge in [0, 0.05) is 6.54 Å². The van der Waals surface area contributed by atoms with Crippen molar-refractivity contribution in [2.45, 2.75) is 30.9 Å². The molecule has 0 fully saturated rings. The molecule has 1 unspecified atom stereocenters. The van der Waals surface area contributed by atoms with Crippen LogP contribution in [0.1, 0.15) is 25.8 Å². The van der Waals surface area contributed by atoms with Crippen molar-refractivity contribution in [3.05, 3.63) is 35.9 Å². The highest BCUT2D eigenvalue weighted by Gasteiger charge is 2.41. The number of nitrogens with two attached hydrogens (primary N) is 1. The summed E-state index contributed by atoms with van der Waals surface area (Å²) in [4.78, 5) is 12.3. The van der Waals surface area contributed by atoms with Crippen molar-refractivity contribution < 1.29 is 17.9 Å². The Morgan fingerprint density at radius 3 is 2.29 bits per heavy atom. The van der Waals surface area contributed by atoms with Gasteiger partial charge in [0.25, 0.3) is 0 Å². The summed E-state index contributed by atoms with van der Waals surface area (Å²) in [5.74, 6) is -0.610. The molecule has 0 saturated heterocycles. The van der Waals surface area contributed by atoms with E-state index in [0.717, 1.165) is 0 Å². The number of esters is 1. The summed E-state index contributed by atoms with van der Waals surface area (Å²) in [5, 5.41) is -0.485. The molecule has 0 bridgehead atoms. The van der Waals surface area contributed by atoms with Crippen LogP contribution in [-0.4, -0.2) is 39.0 Å². The fourth-order valence-electron chi connectivity index (χ4n) is 2.17. The van der Waals surface area contributed by atoms with Gasteiger partial charge < -0.3 is 10.5 Å². The Morgan fingerprint density at radius 1 is 1.29 bits per heavy atom. The van der Waals surface area contributed by atoms with Gasteiger partial charge in [0.05, 0.1) is 18.1 Å². The molecule has 1 rings (SSSR count). The molecule has 118 valence electrons. The monoisotopic (exact) mass is 313 g/mol. The number of benzene rings is 1. The lowest BCUT2D eigenvalue weighted by Gasteiger charge is -2.30. The molecule has 0 aromatic heterocycles. The highest BCUT2D eigenvalue weighted by atomic mass is 32.2. The van der Waals surface area contributed by atoms with Gasteiger partial charge in [0.15, 0.2) is 9.84 Å². The molecule has 0 spiro atoms. The number of ether oxygens (including phenoxy) is 1. The summed E-state index contributed by atoms with van der Waals surface area (Å²) < 4.78 is 29.0. The minimum atomic E-state index is -3.25. The third kappa shape index (κ3) is 3.83. The number of carbonyl (C=O) groups excluding carboxylic acids is 1. The Morgan fingerprint density at radius 2 is 1.86 bits per heavy atom. The zero-order valence-electron chi connectivity index (χ0n) is 12.7. The van der Waals surface area contributed by atoms with E-state index in [1.165, 1.54) is 7.11 Å². The molecule has 0 radical (unpaired) electrons. The largest absolute Gasteiger partial charge is 0.468 e. The number of sulfone groups is 1. The maximum absolute atomic E-state index is 12.3. The van der Waals surface area contributed by atoms with Crippen molar-refractivity contribution in [1.29, 1.82) is 0 Å². The fraction of sp³-hybridized carbons (Fsp3) is 0.533. The van der Waals surface area contributed by atoms with Gasteiger partial charge in [-0.05, 0) is 25.8 Å². The van der Waals surface area contributed by atoms with Crippen molar-refractivity contribution in [3.63, 3.8) is 0 Å². The Balaban J connectivity index is 3.18. The van der Waals surface area contributed by atoms with Crippen LogP contribution in [-0.2, 0) is 24.8 Å². The summed E-state index contributed by atoms with van der Waals surface area (Å²) >= 11 is 0. The number of hydrogen-bond acceptors (Lipinski definition) is 5. The molecule has 21 heavy (non-hydrogen) atoms. The lowest BCUT2D eigenvalue weighted by Crippen LogP contribution is -2.45. The fourth-order valence-corrected chi connectivity index (χ4v) is 3.28. The van der Waals surface area contributed by atoms with Crippen molar-refractivity contribution in [2.24, 2.45) is 5.73 Å². The molecule has 1 aromatic rings. The summed E-state index contributed by atoms with van der Waals surface area (Å²) in [6, 6.07) is 8.95. The van der Waals surface area contributed by atoms with Crippen molar-refractivity contribution in [1.82, 2.24) is 0 Å². The maximum Gasteiger partial charge on any atom is 0.317 e. The molecular formula is C15H23NO4S. The SMILES string of the molecule is COC(=O)C(CN)(CCS(=O)(=O)C(C)C)c1ccccc1. The zero-order valence-corrected chi connectivity index (χ0v) is 13.5. The van der Waals surface area contributed by atoms with Gasteiger partial charge in [0.2, 0.25) is 0 Å². The summed E-state index contributed by atoms with van der Waals surface area (Å²) in [7, 11) is -1.97. The van der Waals surface area contributed by atoms with Gasteiger partial charge in [-0.1, -0.05) is 30.3 Å². The second-order valence-corrected chi connectivity index (χ2v) is 7.99. The van der Waals surface area contributed by atoms with E-state index in [4.69, 9.17) is 10.5 Å². The van der Waals surface area contributed by atoms with Gasteiger partial charge in [0.1, 0.15) is 5.41 Å². The molecule has 1 atom stereocenters. The molecule has 1 aromatic carbocycles. The van der Waals surface area contributed by atoms with Gasteiger partial charge >= 0.3 is 5.97 Å². The van der Waals surface area contributed by atoms with E-state index in [2.05, 4.69) is 0 Å². The second kappa shape index (κ2) is 7.04. The first-order valence-corrected chi connectivity index (χ1v) is 8.57. The lowest BCUT2D eigenvalue weighted by atomic mass is 9.78. The minimum absolute atomic E-state index is 0.00268. The van der Waals surface area contributed by atoms with Crippen molar-refractivity contribution in [3.8, 4) is 0 Å². The van der Waals surface area contributed by atoms with E-state index < -0.39 is 26.5 Å². The van der Waals surface area contributed by atoms with Gasteiger partial charge in [-0.25, -0.2) is 8.42 Å². The van der Waals surface area contributed by atoms with Crippen molar-refractivity contribution >= 4 is 15.8 Å². The number of hydrogen-bond donors (Lipinski definition) is 1. The molecule has 0 amide bonds. The highest BCUT2D eigenvalue weighted by molar-refractivity contribution is 7.91. The Hall–Kier alpha value is -1.40. The third-order valence-electron chi connectivity index (χ3n) is 3.78. The van der Waals surface area contributed by atoms with Crippen LogP contribution >= 0.6 is 0 Å². The average Bonchev–Trinajstić information content (AvgIpc) is 2.48. The number of rotatable bonds is 7. The first-order chi connectivity index (χ1) is 9.80. The molecule has 0 aliphatic heterocycles. The second-order valence-electron chi connectivity index (χ2n) is 5.31. The Labute approximate surface area is 126 Å². The van der Waals surface area contributed by atoms with E-state index >= 15 is 0 Å². The zero-order chi connectivity index (χ0) is 16.1. The van der Waals surface area contributed by atoms with E-state index in [-0.39, 0.29) is 18.7 Å². The normalized spacial score (nSPS) is 14.7. The van der Waals surface area contributed by atoms with E-state index in [1.807, 2.05) is 6.07 Å². The summed E-state index contributed by atoms with van der Waals surface area (Å²) in [6.07, 6.45) is 0.112. The summed E-state index contributed by atoms with van der Waals surface area (Å²) in [6.45, 7) is 3.25. The van der Waals surface area contributed by atoms with Crippen LogP contribution in [0, 0.1) is 0 Å². The average molecular weight is 313 g/mol. The molecule has 0 aliphatic rings. The topological polar surface area (TPSA) is 86.5 Å². The van der Waals surface area contributed by atoms with E-state index in [0.29, 0.717) is 5.56 Å². The molecule has 0 heterocycles. The van der Waals surface area contributed by atoms with E-state index in [9.17, 15) is 13.2 Å².